The number of aliphatic hydroxyl groups is 1. The van der Waals surface area contributed by atoms with Crippen LogP contribution in [0.4, 0.5) is 127 Å². The lowest BCUT2D eigenvalue weighted by molar-refractivity contribution is -0.418. The van der Waals surface area contributed by atoms with Crippen LogP contribution in [0.15, 0.2) is 35.0 Å². The van der Waals surface area contributed by atoms with E-state index in [9.17, 15) is 132 Å². The minimum atomic E-state index is -9.08. The fourth-order valence-electron chi connectivity index (χ4n) is 2.71. The van der Waals surface area contributed by atoms with Crippen LogP contribution in [-0.4, -0.2) is 87.2 Å². The molecule has 0 aromatic heterocycles. The SMILES string of the molecule is CC(F)(F)C(F)(F)C(F)(F)C(F)(F)/C(F)=C(/F)C(F)(F)[C@@](O)(F)/C(F)=C(F)/C(F)=C(/F)C(F)(F)C(F)(F)C(F)(F)C(F)(F)C(F)(F)C(F)(F)C(=O)O. The number of hydrogen-bond donors (Lipinski definition) is 2. The van der Waals surface area contributed by atoms with E-state index >= 15 is 0 Å². The maximum absolute atomic E-state index is 14.0. The summed E-state index contributed by atoms with van der Waals surface area (Å²) in [6.45, 7) is -1.37. The third kappa shape index (κ3) is 6.35. The zero-order chi connectivity index (χ0) is 43.0. The average molecular weight is 844 g/mol. The Morgan fingerprint density at radius 3 is 0.923 bits per heavy atom. The molecule has 0 aromatic rings. The molecule has 0 aliphatic carbocycles. The highest BCUT2D eigenvalue weighted by Crippen LogP contribution is 2.62. The maximum atomic E-state index is 14.0. The van der Waals surface area contributed by atoms with Crippen molar-refractivity contribution in [3.63, 3.8) is 0 Å². The van der Waals surface area contributed by atoms with Crippen LogP contribution in [0.25, 0.3) is 0 Å². The van der Waals surface area contributed by atoms with Crippen LogP contribution in [0.5, 0.6) is 0 Å². The molecule has 52 heavy (non-hydrogen) atoms. The Labute approximate surface area is 262 Å². The van der Waals surface area contributed by atoms with E-state index in [0.717, 1.165) is 0 Å². The minimum Gasteiger partial charge on any atom is -0.477 e. The van der Waals surface area contributed by atoms with Crippen molar-refractivity contribution in [1.82, 2.24) is 0 Å². The van der Waals surface area contributed by atoms with Gasteiger partial charge in [-0.3, -0.25) is 0 Å². The van der Waals surface area contributed by atoms with Crippen molar-refractivity contribution >= 4 is 5.97 Å². The Morgan fingerprint density at radius 1 is 0.365 bits per heavy atom. The summed E-state index contributed by atoms with van der Waals surface area (Å²) < 4.78 is 391. The van der Waals surface area contributed by atoms with E-state index in [0.29, 0.717) is 0 Å². The molecule has 0 heterocycles. The number of carboxylic acids is 1. The van der Waals surface area contributed by atoms with Crippen LogP contribution in [-0.2, 0) is 4.79 Å². The molecule has 0 radical (unpaired) electrons. The number of hydrogen-bond acceptors (Lipinski definition) is 2. The summed E-state index contributed by atoms with van der Waals surface area (Å²) in [7, 11) is 0. The predicted molar refractivity (Wildman–Crippen MR) is 102 cm³/mol. The molecule has 0 aromatic carbocycles. The third-order valence-electron chi connectivity index (χ3n) is 5.89. The largest absolute Gasteiger partial charge is 0.477 e. The molecule has 1 atom stereocenters. The maximum Gasteiger partial charge on any atom is 0.410 e. The molecular formula is C20H5F29O3. The van der Waals surface area contributed by atoms with Gasteiger partial charge in [-0.15, -0.1) is 0 Å². The van der Waals surface area contributed by atoms with Gasteiger partial charge in [0.25, 0.3) is 0 Å². The Balaban J connectivity index is 7.56. The second kappa shape index (κ2) is 12.9. The Kier molecular flexibility index (Phi) is 12.0. The number of allylic oxidation sites excluding steroid dienone is 4. The lowest BCUT2D eigenvalue weighted by atomic mass is 9.90. The molecule has 0 aliphatic heterocycles. The van der Waals surface area contributed by atoms with Crippen molar-refractivity contribution < 1.29 is 142 Å². The van der Waals surface area contributed by atoms with Crippen molar-refractivity contribution in [3.05, 3.63) is 35.0 Å². The smallest absolute Gasteiger partial charge is 0.410 e. The minimum absolute atomic E-state index is 1.37. The molecule has 0 unspecified atom stereocenters. The summed E-state index contributed by atoms with van der Waals surface area (Å²) in [6.07, 6.45) is 0. The highest BCUT2D eigenvalue weighted by atomic mass is 19.4. The zero-order valence-corrected chi connectivity index (χ0v) is 22.8. The highest BCUT2D eigenvalue weighted by molar-refractivity contribution is 5.77. The van der Waals surface area contributed by atoms with Gasteiger partial charge in [-0.05, 0) is 0 Å². The van der Waals surface area contributed by atoms with Gasteiger partial charge >= 0.3 is 77.0 Å². The molecule has 0 amide bonds. The summed E-state index contributed by atoms with van der Waals surface area (Å²) in [6, 6.07) is 0. The molecule has 0 aliphatic rings. The quantitative estimate of drug-likeness (QED) is 0.128. The molecule has 2 N–H and O–H groups in total. The summed E-state index contributed by atoms with van der Waals surface area (Å²) in [5.41, 5.74) is 0. The predicted octanol–water partition coefficient (Wildman–Crippen LogP) is 10.2. The van der Waals surface area contributed by atoms with Gasteiger partial charge in [0.1, 0.15) is 0 Å². The van der Waals surface area contributed by atoms with E-state index in [1.807, 2.05) is 0 Å². The number of carbonyl (C=O) groups is 1. The molecule has 0 bridgehead atoms. The Bertz CT molecular complexity index is 1490. The van der Waals surface area contributed by atoms with E-state index in [1.165, 1.54) is 0 Å². The second-order valence-corrected chi connectivity index (χ2v) is 9.44. The number of carboxylic acid groups (broad SMARTS) is 1. The van der Waals surface area contributed by atoms with Gasteiger partial charge in [-0.25, -0.2) is 31.1 Å². The molecule has 0 fully saturated rings. The van der Waals surface area contributed by atoms with Crippen LogP contribution in [0.3, 0.4) is 0 Å². The van der Waals surface area contributed by atoms with Crippen LogP contribution in [0.1, 0.15) is 6.92 Å². The van der Waals surface area contributed by atoms with E-state index in [1.54, 1.807) is 0 Å². The number of rotatable bonds is 15. The van der Waals surface area contributed by atoms with E-state index in [2.05, 4.69) is 0 Å². The van der Waals surface area contributed by atoms with Gasteiger partial charge in [0.05, 0.1) is 0 Å². The first kappa shape index (κ1) is 48.6. The van der Waals surface area contributed by atoms with Gasteiger partial charge in [0.2, 0.25) is 23.3 Å². The van der Waals surface area contributed by atoms with E-state index in [-0.39, 0.29) is 0 Å². The Morgan fingerprint density at radius 2 is 0.615 bits per heavy atom. The van der Waals surface area contributed by atoms with Gasteiger partial charge in [0, 0.05) is 6.92 Å². The van der Waals surface area contributed by atoms with Crippen molar-refractivity contribution in [2.24, 2.45) is 0 Å². The van der Waals surface area contributed by atoms with Crippen LogP contribution < -0.4 is 0 Å². The lowest BCUT2D eigenvalue weighted by Crippen LogP contribution is -2.71. The zero-order valence-electron chi connectivity index (χ0n) is 22.8. The fourth-order valence-corrected chi connectivity index (χ4v) is 2.71. The molecule has 306 valence electrons. The van der Waals surface area contributed by atoms with Gasteiger partial charge in [-0.1, -0.05) is 0 Å². The van der Waals surface area contributed by atoms with E-state index < -0.39 is 119 Å². The second-order valence-electron chi connectivity index (χ2n) is 9.44. The molecule has 0 spiro atoms. The number of aliphatic carboxylic acids is 1. The summed E-state index contributed by atoms with van der Waals surface area (Å²) in [5.74, 6) is -136. The standard InChI is InChI=1S/C20H5F29O3/c1-9(27,28)15(38,39)16(40,41)12(33,34)7(26)6(25)10(29,30)14(37,52)5(24)3(22)2(21)4(23)11(31,32)17(42,43)19(46,47)20(48,49)18(44,45)13(35,36)8(50)51/h52H,1H3,(H,50,51)/b4-2-,5-3+,7-6-/t14-/m1/s1. The third-order valence-corrected chi connectivity index (χ3v) is 5.89. The van der Waals surface area contributed by atoms with Gasteiger partial charge < -0.3 is 10.2 Å². The molecule has 0 rings (SSSR count). The number of alkyl halides is 23. The van der Waals surface area contributed by atoms with Crippen molar-refractivity contribution in [1.29, 1.82) is 0 Å². The molecule has 0 saturated heterocycles. The van der Waals surface area contributed by atoms with E-state index in [4.69, 9.17) is 10.2 Å². The first-order valence-corrected chi connectivity index (χ1v) is 11.1. The van der Waals surface area contributed by atoms with Gasteiger partial charge in [-0.2, -0.15) is 101 Å². The van der Waals surface area contributed by atoms with Crippen molar-refractivity contribution in [2.75, 3.05) is 0 Å². The molecular weight excluding hydrogens is 839 g/mol. The van der Waals surface area contributed by atoms with Crippen LogP contribution in [0, 0.1) is 0 Å². The Hall–Kier alpha value is -3.38. The van der Waals surface area contributed by atoms with Crippen molar-refractivity contribution in [3.8, 4) is 0 Å². The monoisotopic (exact) mass is 844 g/mol. The highest BCUT2D eigenvalue weighted by Gasteiger charge is 2.92. The molecule has 32 heteroatoms. The topological polar surface area (TPSA) is 57.5 Å². The lowest BCUT2D eigenvalue weighted by Gasteiger charge is -2.40. The van der Waals surface area contributed by atoms with Gasteiger partial charge in [0.15, 0.2) is 11.7 Å². The van der Waals surface area contributed by atoms with Crippen LogP contribution >= 0.6 is 0 Å². The first-order valence-electron chi connectivity index (χ1n) is 11.1. The molecule has 3 nitrogen and oxygen atoms in total. The fraction of sp³-hybridized carbons (Fsp3) is 0.650. The van der Waals surface area contributed by atoms with Crippen LogP contribution in [0.2, 0.25) is 0 Å². The number of halogens is 29. The molecule has 0 saturated carbocycles. The first-order chi connectivity index (χ1) is 22.1. The average Bonchev–Trinajstić information content (AvgIpc) is 2.96. The summed E-state index contributed by atoms with van der Waals surface area (Å²) >= 11 is 0. The normalized spacial score (nSPS) is 18.4. The van der Waals surface area contributed by atoms with Crippen molar-refractivity contribution in [2.45, 2.75) is 77.9 Å². The summed E-state index contributed by atoms with van der Waals surface area (Å²) in [5, 5.41) is 16.3. The summed E-state index contributed by atoms with van der Waals surface area (Å²) in [4.78, 5) is 10.0.